The van der Waals surface area contributed by atoms with Gasteiger partial charge in [0, 0.05) is 0 Å². The molecular formula is C9H5F6NO4. The molecule has 0 bridgehead atoms. The summed E-state index contributed by atoms with van der Waals surface area (Å²) in [7, 11) is 0.814. The highest BCUT2D eigenvalue weighted by molar-refractivity contribution is 5.87. The maximum atomic E-state index is 12.6. The number of carbonyl (C=O) groups excluding carboxylic acids is 1. The Kier molecular flexibility index (Phi) is 4.01. The van der Waals surface area contributed by atoms with E-state index in [1.165, 1.54) is 4.98 Å². The van der Waals surface area contributed by atoms with Crippen LogP contribution in [0.1, 0.15) is 16.1 Å². The molecule has 0 fully saturated rings. The van der Waals surface area contributed by atoms with Gasteiger partial charge in [-0.15, -0.1) is 13.2 Å². The lowest BCUT2D eigenvalue weighted by Crippen LogP contribution is -2.28. The fourth-order valence-electron chi connectivity index (χ4n) is 1.19. The van der Waals surface area contributed by atoms with Crippen molar-refractivity contribution in [1.82, 2.24) is 4.98 Å². The Morgan fingerprint density at radius 3 is 2.15 bits per heavy atom. The molecule has 0 saturated heterocycles. The van der Waals surface area contributed by atoms with Crippen LogP contribution in [0.4, 0.5) is 26.3 Å². The Balaban J connectivity index is 3.52. The summed E-state index contributed by atoms with van der Waals surface area (Å²) < 4.78 is 80.8. The number of carbonyl (C=O) groups is 1. The number of hydrogen-bond acceptors (Lipinski definition) is 4. The molecule has 1 heterocycles. The number of rotatable bonds is 2. The first-order valence-corrected chi connectivity index (χ1v) is 4.64. The molecule has 0 aliphatic heterocycles. The van der Waals surface area contributed by atoms with E-state index in [4.69, 9.17) is 0 Å². The second-order valence-electron chi connectivity index (χ2n) is 3.29. The lowest BCUT2D eigenvalue weighted by molar-refractivity contribution is -0.276. The van der Waals surface area contributed by atoms with Gasteiger partial charge < -0.3 is 14.5 Å². The van der Waals surface area contributed by atoms with Crippen molar-refractivity contribution in [3.63, 3.8) is 0 Å². The van der Waals surface area contributed by atoms with E-state index in [9.17, 15) is 35.9 Å². The zero-order valence-electron chi connectivity index (χ0n) is 9.48. The molecule has 0 aromatic carbocycles. The van der Waals surface area contributed by atoms with Crippen LogP contribution < -0.4 is 10.3 Å². The van der Waals surface area contributed by atoms with Crippen LogP contribution in [0.15, 0.2) is 10.9 Å². The lowest BCUT2D eigenvalue weighted by atomic mass is 10.2. The van der Waals surface area contributed by atoms with E-state index in [1.54, 1.807) is 0 Å². The van der Waals surface area contributed by atoms with E-state index in [0.29, 0.717) is 0 Å². The second kappa shape index (κ2) is 5.06. The molecule has 0 amide bonds. The largest absolute Gasteiger partial charge is 0.573 e. The van der Waals surface area contributed by atoms with Gasteiger partial charge in [0.25, 0.3) is 5.56 Å². The Hall–Kier alpha value is -2.20. The SMILES string of the molecule is COC(=O)c1cc(C(F)(F)F)c(OC(F)(F)F)c(=O)[nH]1. The molecule has 11 heteroatoms. The average Bonchev–Trinajstić information content (AvgIpc) is 2.27. The number of esters is 1. The number of alkyl halides is 6. The number of nitrogens with one attached hydrogen (secondary N) is 1. The minimum atomic E-state index is -5.50. The highest BCUT2D eigenvalue weighted by atomic mass is 19.4. The smallest absolute Gasteiger partial charge is 0.464 e. The van der Waals surface area contributed by atoms with Gasteiger partial charge in [0.2, 0.25) is 5.75 Å². The summed E-state index contributed by atoms with van der Waals surface area (Å²) in [4.78, 5) is 23.7. The Morgan fingerprint density at radius 2 is 1.75 bits per heavy atom. The van der Waals surface area contributed by atoms with Crippen LogP contribution in [0.3, 0.4) is 0 Å². The van der Waals surface area contributed by atoms with Crippen molar-refractivity contribution >= 4 is 5.97 Å². The summed E-state index contributed by atoms with van der Waals surface area (Å²) in [5, 5.41) is 0. The molecule has 20 heavy (non-hydrogen) atoms. The molecule has 0 atom stereocenters. The average molecular weight is 305 g/mol. The minimum absolute atomic E-state index is 0.00565. The minimum Gasteiger partial charge on any atom is -0.464 e. The third kappa shape index (κ3) is 3.65. The first kappa shape index (κ1) is 15.9. The van der Waals surface area contributed by atoms with Crippen molar-refractivity contribution in [2.24, 2.45) is 0 Å². The number of hydrogen-bond donors (Lipinski definition) is 1. The molecule has 0 spiro atoms. The van der Waals surface area contributed by atoms with Gasteiger partial charge in [0.15, 0.2) is 0 Å². The summed E-state index contributed by atoms with van der Waals surface area (Å²) >= 11 is 0. The quantitative estimate of drug-likeness (QED) is 0.671. The van der Waals surface area contributed by atoms with E-state index in [-0.39, 0.29) is 6.07 Å². The Morgan fingerprint density at radius 1 is 1.20 bits per heavy atom. The van der Waals surface area contributed by atoms with Crippen molar-refractivity contribution in [2.45, 2.75) is 12.5 Å². The molecule has 5 nitrogen and oxygen atoms in total. The van der Waals surface area contributed by atoms with E-state index in [1.807, 2.05) is 0 Å². The molecular weight excluding hydrogens is 300 g/mol. The molecule has 1 aromatic rings. The van der Waals surface area contributed by atoms with Crippen molar-refractivity contribution < 1.29 is 40.6 Å². The number of aromatic nitrogens is 1. The molecule has 1 aromatic heterocycles. The highest BCUT2D eigenvalue weighted by Crippen LogP contribution is 2.36. The predicted octanol–water partition coefficient (Wildman–Crippen LogP) is 2.08. The lowest BCUT2D eigenvalue weighted by Gasteiger charge is -2.15. The normalized spacial score (nSPS) is 12.2. The summed E-state index contributed by atoms with van der Waals surface area (Å²) in [6.45, 7) is 0. The van der Waals surface area contributed by atoms with Gasteiger partial charge in [-0.25, -0.2) is 4.79 Å². The van der Waals surface area contributed by atoms with Crippen molar-refractivity contribution in [3.8, 4) is 5.75 Å². The Bertz CT molecular complexity index is 573. The zero-order valence-corrected chi connectivity index (χ0v) is 9.48. The topological polar surface area (TPSA) is 68.4 Å². The van der Waals surface area contributed by atoms with Crippen LogP contribution in [-0.2, 0) is 10.9 Å². The van der Waals surface area contributed by atoms with Crippen LogP contribution in [0, 0.1) is 0 Å². The summed E-state index contributed by atoms with van der Waals surface area (Å²) in [6, 6.07) is -0.00565. The monoisotopic (exact) mass is 305 g/mol. The maximum absolute atomic E-state index is 12.6. The number of pyridine rings is 1. The summed E-state index contributed by atoms with van der Waals surface area (Å²) in [5.41, 5.74) is -4.86. The predicted molar refractivity (Wildman–Crippen MR) is 50.1 cm³/mol. The van der Waals surface area contributed by atoms with Gasteiger partial charge in [0.05, 0.1) is 7.11 Å². The van der Waals surface area contributed by atoms with Gasteiger partial charge in [-0.1, -0.05) is 0 Å². The van der Waals surface area contributed by atoms with Crippen LogP contribution in [0.25, 0.3) is 0 Å². The molecule has 0 saturated carbocycles. The van der Waals surface area contributed by atoms with Crippen molar-refractivity contribution in [1.29, 1.82) is 0 Å². The first-order valence-electron chi connectivity index (χ1n) is 4.64. The standard InChI is InChI=1S/C9H5F6NO4/c1-19-7(18)4-2-3(8(10,11)12)5(6(17)16-4)20-9(13,14)15/h2H,1H3,(H,16,17). The third-order valence-corrected chi connectivity index (χ3v) is 1.92. The van der Waals surface area contributed by atoms with Crippen LogP contribution in [0.2, 0.25) is 0 Å². The highest BCUT2D eigenvalue weighted by Gasteiger charge is 2.41. The molecule has 0 unspecified atom stereocenters. The van der Waals surface area contributed by atoms with E-state index >= 15 is 0 Å². The van der Waals surface area contributed by atoms with E-state index < -0.39 is 41.1 Å². The molecule has 1 rings (SSSR count). The van der Waals surface area contributed by atoms with Gasteiger partial charge in [-0.2, -0.15) is 13.2 Å². The molecule has 0 aliphatic carbocycles. The zero-order chi connectivity index (χ0) is 15.7. The third-order valence-electron chi connectivity index (χ3n) is 1.92. The van der Waals surface area contributed by atoms with Gasteiger partial charge >= 0.3 is 18.5 Å². The van der Waals surface area contributed by atoms with Gasteiger partial charge in [-0.05, 0) is 6.07 Å². The first-order chi connectivity index (χ1) is 8.95. The fraction of sp³-hybridized carbons (Fsp3) is 0.333. The molecule has 0 aliphatic rings. The second-order valence-corrected chi connectivity index (χ2v) is 3.29. The number of methoxy groups -OCH3 is 1. The molecule has 0 radical (unpaired) electrons. The van der Waals surface area contributed by atoms with Crippen molar-refractivity contribution in [2.75, 3.05) is 7.11 Å². The molecule has 112 valence electrons. The summed E-state index contributed by atoms with van der Waals surface area (Å²) in [5.74, 6) is -3.36. The number of halogens is 6. The van der Waals surface area contributed by atoms with Crippen LogP contribution >= 0.6 is 0 Å². The van der Waals surface area contributed by atoms with E-state index in [0.717, 1.165) is 7.11 Å². The Labute approximate surface area is 106 Å². The maximum Gasteiger partial charge on any atom is 0.573 e. The number of ether oxygens (including phenoxy) is 2. The number of H-pyrrole nitrogens is 1. The van der Waals surface area contributed by atoms with Gasteiger partial charge in [-0.3, -0.25) is 4.79 Å². The van der Waals surface area contributed by atoms with Crippen molar-refractivity contribution in [3.05, 3.63) is 27.7 Å². The van der Waals surface area contributed by atoms with Crippen LogP contribution in [-0.4, -0.2) is 24.4 Å². The van der Waals surface area contributed by atoms with Crippen LogP contribution in [0.5, 0.6) is 5.75 Å². The number of aromatic amines is 1. The fourth-order valence-corrected chi connectivity index (χ4v) is 1.19. The molecule has 1 N–H and O–H groups in total. The van der Waals surface area contributed by atoms with Gasteiger partial charge in [0.1, 0.15) is 11.3 Å². The van der Waals surface area contributed by atoms with E-state index in [2.05, 4.69) is 9.47 Å². The summed E-state index contributed by atoms with van der Waals surface area (Å²) in [6.07, 6.45) is -10.8.